The zero-order valence-corrected chi connectivity index (χ0v) is 19.0. The van der Waals surface area contributed by atoms with E-state index in [4.69, 9.17) is 11.6 Å². The van der Waals surface area contributed by atoms with Crippen molar-refractivity contribution in [1.82, 2.24) is 24.5 Å². The van der Waals surface area contributed by atoms with Crippen LogP contribution in [0.1, 0.15) is 47.1 Å². The van der Waals surface area contributed by atoms with Gasteiger partial charge in [0.1, 0.15) is 5.65 Å². The van der Waals surface area contributed by atoms with Crippen LogP contribution in [0.25, 0.3) is 5.65 Å². The fourth-order valence-electron chi connectivity index (χ4n) is 4.31. The fourth-order valence-corrected chi connectivity index (χ4v) is 4.47. The van der Waals surface area contributed by atoms with E-state index in [2.05, 4.69) is 45.5 Å². The Kier molecular flexibility index (Phi) is 6.90. The second kappa shape index (κ2) is 9.81. The third kappa shape index (κ3) is 4.92. The highest BCUT2D eigenvalue weighted by molar-refractivity contribution is 6.30. The highest BCUT2D eigenvalue weighted by atomic mass is 35.5. The van der Waals surface area contributed by atoms with E-state index < -0.39 is 0 Å². The molecule has 3 aromatic rings. The molecule has 0 radical (unpaired) electrons. The van der Waals surface area contributed by atoms with Crippen molar-refractivity contribution in [2.45, 2.75) is 31.8 Å². The molecule has 4 rings (SSSR count). The number of fused-ring (bicyclic) bond motifs is 1. The van der Waals surface area contributed by atoms with Gasteiger partial charge in [0.25, 0.3) is 5.91 Å². The summed E-state index contributed by atoms with van der Waals surface area (Å²) in [4.78, 5) is 21.5. The number of likely N-dealkylation sites (tertiary alicyclic amines) is 1. The quantitative estimate of drug-likeness (QED) is 0.604. The topological polar surface area (TPSA) is 52.9 Å². The van der Waals surface area contributed by atoms with Crippen LogP contribution in [0, 0.1) is 0 Å². The standard InChI is InChI=1S/C24H30ClN5O/c1-28(2)24(31)23-21(30-17-19(25)11-12-22(30)27-23)16-26-15-20(18-9-5-3-6-10-18)29-13-7-4-8-14-29/h3,5-6,9-12,17,20,26H,4,7-8,13-16H2,1-2H3/t20-/m1/s1. The summed E-state index contributed by atoms with van der Waals surface area (Å²) in [6, 6.07) is 14.6. The van der Waals surface area contributed by atoms with Gasteiger partial charge in [0.15, 0.2) is 5.69 Å². The molecule has 0 bridgehead atoms. The second-order valence-electron chi connectivity index (χ2n) is 8.34. The lowest BCUT2D eigenvalue weighted by atomic mass is 10.0. The molecule has 0 unspecified atom stereocenters. The van der Waals surface area contributed by atoms with E-state index in [9.17, 15) is 4.79 Å². The average molecular weight is 440 g/mol. The van der Waals surface area contributed by atoms with Crippen molar-refractivity contribution in [3.8, 4) is 0 Å². The summed E-state index contributed by atoms with van der Waals surface area (Å²) in [7, 11) is 3.50. The molecule has 1 amide bonds. The van der Waals surface area contributed by atoms with E-state index in [1.54, 1.807) is 25.1 Å². The van der Waals surface area contributed by atoms with E-state index in [1.165, 1.54) is 24.8 Å². The number of aromatic nitrogens is 2. The number of nitrogens with one attached hydrogen (secondary N) is 1. The second-order valence-corrected chi connectivity index (χ2v) is 8.77. The van der Waals surface area contributed by atoms with Crippen molar-refractivity contribution in [1.29, 1.82) is 0 Å². The van der Waals surface area contributed by atoms with Gasteiger partial charge in [-0.05, 0) is 43.6 Å². The van der Waals surface area contributed by atoms with Crippen molar-refractivity contribution < 1.29 is 4.79 Å². The van der Waals surface area contributed by atoms with Gasteiger partial charge < -0.3 is 14.6 Å². The van der Waals surface area contributed by atoms with Gasteiger partial charge in [-0.15, -0.1) is 0 Å². The lowest BCUT2D eigenvalue weighted by Gasteiger charge is -2.35. The first-order chi connectivity index (χ1) is 15.0. The summed E-state index contributed by atoms with van der Waals surface area (Å²) >= 11 is 6.24. The molecular weight excluding hydrogens is 410 g/mol. The molecule has 7 heteroatoms. The molecule has 0 spiro atoms. The van der Waals surface area contributed by atoms with Gasteiger partial charge >= 0.3 is 0 Å². The molecule has 1 aliphatic heterocycles. The highest BCUT2D eigenvalue weighted by Gasteiger charge is 2.24. The van der Waals surface area contributed by atoms with Crippen LogP contribution in [0.3, 0.4) is 0 Å². The summed E-state index contributed by atoms with van der Waals surface area (Å²) in [5.41, 5.74) is 3.35. The van der Waals surface area contributed by atoms with Gasteiger partial charge in [-0.3, -0.25) is 9.69 Å². The van der Waals surface area contributed by atoms with Crippen molar-refractivity contribution in [3.05, 3.63) is 70.6 Å². The van der Waals surface area contributed by atoms with E-state index in [0.717, 1.165) is 31.0 Å². The van der Waals surface area contributed by atoms with Crippen molar-refractivity contribution in [2.75, 3.05) is 33.7 Å². The van der Waals surface area contributed by atoms with Crippen molar-refractivity contribution in [2.24, 2.45) is 0 Å². The van der Waals surface area contributed by atoms with E-state index in [1.807, 2.05) is 16.7 Å². The maximum absolute atomic E-state index is 12.8. The summed E-state index contributed by atoms with van der Waals surface area (Å²) in [6.45, 7) is 3.58. The summed E-state index contributed by atoms with van der Waals surface area (Å²) < 4.78 is 1.92. The third-order valence-corrected chi connectivity index (χ3v) is 6.16. The number of piperidine rings is 1. The summed E-state index contributed by atoms with van der Waals surface area (Å²) in [5, 5.41) is 4.23. The minimum atomic E-state index is -0.104. The molecule has 1 N–H and O–H groups in total. The van der Waals surface area contributed by atoms with Gasteiger partial charge in [-0.25, -0.2) is 4.98 Å². The minimum Gasteiger partial charge on any atom is -0.343 e. The first-order valence-corrected chi connectivity index (χ1v) is 11.3. The Bertz CT molecular complexity index is 1030. The maximum atomic E-state index is 12.8. The molecule has 0 saturated carbocycles. The third-order valence-electron chi connectivity index (χ3n) is 5.94. The molecule has 3 heterocycles. The normalized spacial score (nSPS) is 15.8. The molecule has 2 aromatic heterocycles. The van der Waals surface area contributed by atoms with Crippen molar-refractivity contribution in [3.63, 3.8) is 0 Å². The first kappa shape index (κ1) is 21.8. The van der Waals surface area contributed by atoms with Gasteiger partial charge in [-0.1, -0.05) is 48.4 Å². The van der Waals surface area contributed by atoms with Gasteiger partial charge in [0.05, 0.1) is 10.7 Å². The Hall–Kier alpha value is -2.41. The van der Waals surface area contributed by atoms with E-state index >= 15 is 0 Å². The Morgan fingerprint density at radius 3 is 2.58 bits per heavy atom. The number of amides is 1. The molecule has 1 aliphatic rings. The van der Waals surface area contributed by atoms with Crippen LogP contribution in [0.4, 0.5) is 0 Å². The molecule has 164 valence electrons. The van der Waals surface area contributed by atoms with Crippen LogP contribution in [0.5, 0.6) is 0 Å². The lowest BCUT2D eigenvalue weighted by molar-refractivity contribution is 0.0821. The molecule has 1 fully saturated rings. The summed E-state index contributed by atoms with van der Waals surface area (Å²) in [6.07, 6.45) is 5.63. The monoisotopic (exact) mass is 439 g/mol. The van der Waals surface area contributed by atoms with E-state index in [0.29, 0.717) is 23.3 Å². The number of halogens is 1. The van der Waals surface area contributed by atoms with Crippen LogP contribution in [-0.4, -0.2) is 58.8 Å². The smallest absolute Gasteiger partial charge is 0.273 e. The Labute approximate surface area is 188 Å². The van der Waals surface area contributed by atoms with Crippen molar-refractivity contribution >= 4 is 23.2 Å². The number of pyridine rings is 1. The maximum Gasteiger partial charge on any atom is 0.273 e. The number of imidazole rings is 1. The lowest BCUT2D eigenvalue weighted by Crippen LogP contribution is -2.39. The Morgan fingerprint density at radius 1 is 1.13 bits per heavy atom. The number of hydrogen-bond acceptors (Lipinski definition) is 4. The first-order valence-electron chi connectivity index (χ1n) is 10.9. The Balaban J connectivity index is 1.57. The minimum absolute atomic E-state index is 0.104. The average Bonchev–Trinajstić information content (AvgIpc) is 3.14. The number of benzene rings is 1. The molecule has 31 heavy (non-hydrogen) atoms. The van der Waals surface area contributed by atoms with Crippen LogP contribution in [0.2, 0.25) is 5.02 Å². The number of nitrogens with zero attached hydrogens (tertiary/aromatic N) is 4. The molecular formula is C24H30ClN5O. The predicted octanol–water partition coefficient (Wildman–Crippen LogP) is 4.01. The van der Waals surface area contributed by atoms with Crippen LogP contribution in [0.15, 0.2) is 48.7 Å². The number of rotatable bonds is 7. The molecule has 1 atom stereocenters. The van der Waals surface area contributed by atoms with Crippen LogP contribution in [-0.2, 0) is 6.54 Å². The molecule has 0 aliphatic carbocycles. The largest absolute Gasteiger partial charge is 0.343 e. The molecule has 1 aromatic carbocycles. The summed E-state index contributed by atoms with van der Waals surface area (Å²) in [5.74, 6) is -0.104. The number of hydrogen-bond donors (Lipinski definition) is 1. The van der Waals surface area contributed by atoms with Crippen LogP contribution < -0.4 is 5.32 Å². The van der Waals surface area contributed by atoms with E-state index in [-0.39, 0.29) is 5.91 Å². The van der Waals surface area contributed by atoms with Gasteiger partial charge in [0, 0.05) is 39.4 Å². The van der Waals surface area contributed by atoms with Gasteiger partial charge in [-0.2, -0.15) is 0 Å². The number of carbonyl (C=O) groups is 1. The molecule has 6 nitrogen and oxygen atoms in total. The molecule has 1 saturated heterocycles. The van der Waals surface area contributed by atoms with Gasteiger partial charge in [0.2, 0.25) is 0 Å². The SMILES string of the molecule is CN(C)C(=O)c1nc2ccc(Cl)cn2c1CNC[C@H](c1ccccc1)N1CCCCC1. The fraction of sp³-hybridized carbons (Fsp3) is 0.417. The zero-order valence-electron chi connectivity index (χ0n) is 18.2. The zero-order chi connectivity index (χ0) is 21.8. The Morgan fingerprint density at radius 2 is 1.87 bits per heavy atom. The van der Waals surface area contributed by atoms with Crippen LogP contribution >= 0.6 is 11.6 Å². The number of carbonyl (C=O) groups excluding carboxylic acids is 1. The predicted molar refractivity (Wildman–Crippen MR) is 125 cm³/mol. The highest BCUT2D eigenvalue weighted by Crippen LogP contribution is 2.24.